The van der Waals surface area contributed by atoms with Crippen molar-refractivity contribution >= 4 is 30.8 Å². The highest BCUT2D eigenvalue weighted by atomic mass is 127. The standard InChI is InChI=1S/C6H6.CH2O.HI/c1-2-4-6-5-3-1;1-2;/h1-6H;1H2;1H. The zero-order valence-electron chi connectivity index (χ0n) is 4.99. The first-order chi connectivity index (χ1) is 4.00. The maximum absolute atomic E-state index is 8.00. The number of hydrogen-bond donors (Lipinski definition) is 0. The van der Waals surface area contributed by atoms with E-state index in [0.717, 1.165) is 0 Å². The third-order valence-corrected chi connectivity index (χ3v) is 0.667. The van der Waals surface area contributed by atoms with E-state index >= 15 is 0 Å². The summed E-state index contributed by atoms with van der Waals surface area (Å²) in [7, 11) is 0. The van der Waals surface area contributed by atoms with Gasteiger partial charge in [0.1, 0.15) is 6.79 Å². The van der Waals surface area contributed by atoms with Crippen molar-refractivity contribution in [3.8, 4) is 0 Å². The van der Waals surface area contributed by atoms with Crippen LogP contribution in [-0.4, -0.2) is 6.79 Å². The monoisotopic (exact) mass is 236 g/mol. The lowest BCUT2D eigenvalue weighted by Gasteiger charge is -1.69. The number of carbonyl (C=O) groups excluding carboxylic acids is 1. The molecule has 0 bridgehead atoms. The molecular weight excluding hydrogens is 227 g/mol. The summed E-state index contributed by atoms with van der Waals surface area (Å²) in [6.07, 6.45) is 0. The van der Waals surface area contributed by atoms with E-state index < -0.39 is 0 Å². The highest BCUT2D eigenvalue weighted by molar-refractivity contribution is 14.0. The van der Waals surface area contributed by atoms with E-state index in [2.05, 4.69) is 0 Å². The summed E-state index contributed by atoms with van der Waals surface area (Å²) in [5, 5.41) is 0. The molecule has 0 atom stereocenters. The molecule has 1 aromatic rings. The molecule has 0 spiro atoms. The Labute approximate surface area is 72.1 Å². The van der Waals surface area contributed by atoms with Gasteiger partial charge in [-0.25, -0.2) is 0 Å². The van der Waals surface area contributed by atoms with E-state index in [9.17, 15) is 0 Å². The minimum atomic E-state index is 0. The maximum atomic E-state index is 8.00. The molecule has 0 heterocycles. The molecule has 9 heavy (non-hydrogen) atoms. The average Bonchev–Trinajstić information content (AvgIpc) is 1.96. The molecule has 1 rings (SSSR count). The second kappa shape index (κ2) is 10.6. The average molecular weight is 236 g/mol. The molecule has 0 saturated heterocycles. The fourth-order valence-corrected chi connectivity index (χ4v) is 0.385. The normalized spacial score (nSPS) is 5.78. The van der Waals surface area contributed by atoms with Crippen LogP contribution in [0.3, 0.4) is 0 Å². The van der Waals surface area contributed by atoms with Crippen LogP contribution in [0.15, 0.2) is 36.4 Å². The molecule has 2 heteroatoms. The highest BCUT2D eigenvalue weighted by Crippen LogP contribution is 1.79. The Kier molecular flexibility index (Phi) is 13.4. The zero-order valence-corrected chi connectivity index (χ0v) is 7.32. The minimum Gasteiger partial charge on any atom is -0.307 e. The van der Waals surface area contributed by atoms with Gasteiger partial charge < -0.3 is 4.79 Å². The lowest BCUT2D eigenvalue weighted by Crippen LogP contribution is -1.47. The van der Waals surface area contributed by atoms with E-state index in [1.54, 1.807) is 0 Å². The molecule has 1 nitrogen and oxygen atoms in total. The molecule has 0 fully saturated rings. The Morgan fingerprint density at radius 2 is 0.778 bits per heavy atom. The lowest BCUT2D eigenvalue weighted by atomic mass is 10.4. The molecule has 1 aromatic carbocycles. The first-order valence-corrected chi connectivity index (χ1v) is 2.29. The molecule has 0 saturated carbocycles. The molecule has 0 radical (unpaired) electrons. The third-order valence-electron chi connectivity index (χ3n) is 0.667. The predicted octanol–water partition coefficient (Wildman–Crippen LogP) is 2.12. The van der Waals surface area contributed by atoms with Gasteiger partial charge in [0.05, 0.1) is 0 Å². The molecule has 0 aliphatic heterocycles. The van der Waals surface area contributed by atoms with Crippen LogP contribution in [0.25, 0.3) is 0 Å². The number of benzene rings is 1. The molecule has 0 unspecified atom stereocenters. The number of carbonyl (C=O) groups is 1. The summed E-state index contributed by atoms with van der Waals surface area (Å²) in [5.41, 5.74) is 0. The van der Waals surface area contributed by atoms with Gasteiger partial charge in [0, 0.05) is 0 Å². The molecule has 0 amide bonds. The summed E-state index contributed by atoms with van der Waals surface area (Å²) in [6, 6.07) is 12.0. The van der Waals surface area contributed by atoms with E-state index in [-0.39, 0.29) is 24.0 Å². The second-order valence-corrected chi connectivity index (χ2v) is 1.15. The third kappa shape index (κ3) is 7.62. The van der Waals surface area contributed by atoms with Crippen molar-refractivity contribution < 1.29 is 4.79 Å². The van der Waals surface area contributed by atoms with Gasteiger partial charge in [0.25, 0.3) is 0 Å². The number of hydrogen-bond acceptors (Lipinski definition) is 1. The largest absolute Gasteiger partial charge is 0.307 e. The Morgan fingerprint density at radius 1 is 0.667 bits per heavy atom. The minimum absolute atomic E-state index is 0. The summed E-state index contributed by atoms with van der Waals surface area (Å²) in [6.45, 7) is 2.00. The summed E-state index contributed by atoms with van der Waals surface area (Å²) >= 11 is 0. The summed E-state index contributed by atoms with van der Waals surface area (Å²) in [4.78, 5) is 8.00. The Hall–Kier alpha value is -0.380. The van der Waals surface area contributed by atoms with Gasteiger partial charge in [-0.2, -0.15) is 0 Å². The first-order valence-electron chi connectivity index (χ1n) is 2.29. The summed E-state index contributed by atoms with van der Waals surface area (Å²) < 4.78 is 0. The topological polar surface area (TPSA) is 17.1 Å². The Balaban J connectivity index is 0. The second-order valence-electron chi connectivity index (χ2n) is 1.15. The predicted molar refractivity (Wildman–Crippen MR) is 49.0 cm³/mol. The highest BCUT2D eigenvalue weighted by Gasteiger charge is 1.57. The lowest BCUT2D eigenvalue weighted by molar-refractivity contribution is -0.0979. The van der Waals surface area contributed by atoms with Gasteiger partial charge in [0.15, 0.2) is 0 Å². The van der Waals surface area contributed by atoms with Crippen molar-refractivity contribution in [2.75, 3.05) is 0 Å². The molecule has 0 aliphatic rings. The SMILES string of the molecule is C=O.I.c1ccccc1. The van der Waals surface area contributed by atoms with Crippen LogP contribution < -0.4 is 0 Å². The quantitative estimate of drug-likeness (QED) is 0.630. The Morgan fingerprint density at radius 3 is 0.889 bits per heavy atom. The fraction of sp³-hybridized carbons (Fsp3) is 0. The van der Waals surface area contributed by atoms with Crippen molar-refractivity contribution in [3.63, 3.8) is 0 Å². The van der Waals surface area contributed by atoms with Crippen molar-refractivity contribution in [1.29, 1.82) is 0 Å². The van der Waals surface area contributed by atoms with E-state index in [1.165, 1.54) is 0 Å². The van der Waals surface area contributed by atoms with Crippen LogP contribution in [0.1, 0.15) is 0 Å². The fourth-order valence-electron chi connectivity index (χ4n) is 0.385. The van der Waals surface area contributed by atoms with E-state index in [4.69, 9.17) is 4.79 Å². The first kappa shape index (κ1) is 11.4. The molecule has 0 aliphatic carbocycles. The van der Waals surface area contributed by atoms with Crippen LogP contribution in [0.5, 0.6) is 0 Å². The smallest absolute Gasteiger partial charge is 0.106 e. The van der Waals surface area contributed by atoms with Crippen LogP contribution in [0, 0.1) is 0 Å². The van der Waals surface area contributed by atoms with Gasteiger partial charge in [-0.1, -0.05) is 36.4 Å². The van der Waals surface area contributed by atoms with Crippen LogP contribution >= 0.6 is 24.0 Å². The summed E-state index contributed by atoms with van der Waals surface area (Å²) in [5.74, 6) is 0. The van der Waals surface area contributed by atoms with Gasteiger partial charge in [-0.05, 0) is 0 Å². The van der Waals surface area contributed by atoms with E-state index in [1.807, 2.05) is 43.2 Å². The van der Waals surface area contributed by atoms with E-state index in [0.29, 0.717) is 0 Å². The van der Waals surface area contributed by atoms with Gasteiger partial charge in [-0.15, -0.1) is 24.0 Å². The van der Waals surface area contributed by atoms with Gasteiger partial charge in [0.2, 0.25) is 0 Å². The molecule has 0 aromatic heterocycles. The van der Waals surface area contributed by atoms with Crippen LogP contribution in [0.2, 0.25) is 0 Å². The number of halogens is 1. The van der Waals surface area contributed by atoms with Crippen molar-refractivity contribution in [3.05, 3.63) is 36.4 Å². The Bertz CT molecular complexity index is 91.8. The van der Waals surface area contributed by atoms with Crippen LogP contribution in [0.4, 0.5) is 0 Å². The zero-order chi connectivity index (χ0) is 6.24. The van der Waals surface area contributed by atoms with Gasteiger partial charge >= 0.3 is 0 Å². The van der Waals surface area contributed by atoms with Crippen molar-refractivity contribution in [2.24, 2.45) is 0 Å². The molecular formula is C7H9IO. The maximum Gasteiger partial charge on any atom is 0.106 e. The molecule has 0 N–H and O–H groups in total. The van der Waals surface area contributed by atoms with Crippen molar-refractivity contribution in [1.82, 2.24) is 0 Å². The number of rotatable bonds is 0. The molecule has 50 valence electrons. The van der Waals surface area contributed by atoms with Crippen molar-refractivity contribution in [2.45, 2.75) is 0 Å². The van der Waals surface area contributed by atoms with Crippen LogP contribution in [-0.2, 0) is 4.79 Å². The van der Waals surface area contributed by atoms with Gasteiger partial charge in [-0.3, -0.25) is 0 Å².